The van der Waals surface area contributed by atoms with Gasteiger partial charge in [0.2, 0.25) is 5.36 Å². The summed E-state index contributed by atoms with van der Waals surface area (Å²) in [6.45, 7) is 12.2. The van der Waals surface area contributed by atoms with Crippen molar-refractivity contribution in [3.63, 3.8) is 0 Å². The molecule has 0 unspecified atom stereocenters. The molecular weight excluding hydrogens is 589 g/mol. The fourth-order valence-electron chi connectivity index (χ4n) is 9.87. The average Bonchev–Trinajstić information content (AvgIpc) is 3.14. The molecule has 48 heavy (non-hydrogen) atoms. The zero-order valence-electron chi connectivity index (χ0n) is 26.3. The first-order chi connectivity index (χ1) is 23.7. The van der Waals surface area contributed by atoms with Crippen LogP contribution in [0, 0.1) is 17.9 Å². The standard InChI is InChI=1S/C43H28N4O/c1-45-31(22-44)38-39(36-27-10-2-6-23-14-18-46-19-15-24-7-3-11-28(36)33(24)41(46)32(23)27)43(48)40(38)37-29-12-4-8-25-16-20-47-21-17-26-9-5-13-30(37)35(26)42(47)34(25)29/h2-13H,14-21H2/p+1. The highest BCUT2D eigenvalue weighted by Gasteiger charge is 2.39. The van der Waals surface area contributed by atoms with Crippen LogP contribution in [0.25, 0.3) is 59.1 Å². The van der Waals surface area contributed by atoms with E-state index < -0.39 is 0 Å². The number of rotatable bonds is 1. The summed E-state index contributed by atoms with van der Waals surface area (Å²) in [6, 6.07) is 28.4. The number of anilines is 1. The molecule has 0 fully saturated rings. The predicted octanol–water partition coefficient (Wildman–Crippen LogP) is 6.65. The van der Waals surface area contributed by atoms with Gasteiger partial charge in [-0.05, 0) is 56.6 Å². The van der Waals surface area contributed by atoms with Gasteiger partial charge in [0, 0.05) is 64.2 Å². The molecule has 0 saturated carbocycles. The Kier molecular flexibility index (Phi) is 4.98. The van der Waals surface area contributed by atoms with Crippen LogP contribution in [-0.2, 0) is 25.7 Å². The molecule has 4 heterocycles. The summed E-state index contributed by atoms with van der Waals surface area (Å²) in [7, 11) is 0. The van der Waals surface area contributed by atoms with E-state index in [1.54, 1.807) is 0 Å². The van der Waals surface area contributed by atoms with Crippen LogP contribution in [0.15, 0.2) is 89.8 Å². The lowest BCUT2D eigenvalue weighted by molar-refractivity contribution is 0.434. The third-order valence-corrected chi connectivity index (χ3v) is 11.8. The summed E-state index contributed by atoms with van der Waals surface area (Å²) in [5.74, 6) is 0.177. The molecule has 1 N–H and O–H groups in total. The van der Waals surface area contributed by atoms with E-state index in [4.69, 9.17) is 6.57 Å². The van der Waals surface area contributed by atoms with Crippen molar-refractivity contribution in [2.45, 2.75) is 25.7 Å². The van der Waals surface area contributed by atoms with Gasteiger partial charge in [-0.2, -0.15) is 0 Å². The van der Waals surface area contributed by atoms with Gasteiger partial charge in [0.05, 0.1) is 29.1 Å². The van der Waals surface area contributed by atoms with Gasteiger partial charge in [-0.15, -0.1) is 0 Å². The normalized spacial score (nSPS) is 18.2. The largest absolute Gasteiger partial charge is 0.507 e. The molecule has 6 aromatic rings. The van der Waals surface area contributed by atoms with Crippen molar-refractivity contribution in [2.24, 2.45) is 0 Å². The summed E-state index contributed by atoms with van der Waals surface area (Å²) < 4.78 is 2.53. The first kappa shape index (κ1) is 26.2. The van der Waals surface area contributed by atoms with Crippen LogP contribution < -0.4 is 20.1 Å². The number of aliphatic hydroxyl groups excluding tert-OH is 1. The quantitative estimate of drug-likeness (QED) is 0.0973. The van der Waals surface area contributed by atoms with E-state index in [9.17, 15) is 10.4 Å². The van der Waals surface area contributed by atoms with E-state index in [0.29, 0.717) is 16.7 Å². The molecule has 11 rings (SSSR count). The molecule has 0 saturated heterocycles. The number of hydrogen-bond acceptors (Lipinski definition) is 3. The van der Waals surface area contributed by atoms with Gasteiger partial charge in [0.1, 0.15) is 18.8 Å². The molecule has 5 nitrogen and oxygen atoms in total. The minimum atomic E-state index is 0.0230. The molecule has 0 radical (unpaired) electrons. The molecule has 0 spiro atoms. The van der Waals surface area contributed by atoms with Crippen molar-refractivity contribution >= 4 is 59.9 Å². The molecule has 0 atom stereocenters. The van der Waals surface area contributed by atoms with Gasteiger partial charge in [-0.25, -0.2) is 14.7 Å². The molecule has 0 amide bonds. The second kappa shape index (κ2) is 9.12. The highest BCUT2D eigenvalue weighted by atomic mass is 16.3. The Labute approximate surface area is 276 Å². The number of nitriles is 1. The lowest BCUT2D eigenvalue weighted by Crippen LogP contribution is -2.42. The van der Waals surface area contributed by atoms with Crippen molar-refractivity contribution in [1.29, 1.82) is 5.26 Å². The fraction of sp³-hybridized carbons (Fsp3) is 0.186. The van der Waals surface area contributed by atoms with Gasteiger partial charge in [-0.3, -0.25) is 0 Å². The van der Waals surface area contributed by atoms with E-state index in [0.717, 1.165) is 84.2 Å². The van der Waals surface area contributed by atoms with Crippen LogP contribution in [0.4, 0.5) is 5.69 Å². The number of allylic oxidation sites excluding steroid dienone is 3. The van der Waals surface area contributed by atoms with Crippen LogP contribution in [0.2, 0.25) is 0 Å². The highest BCUT2D eigenvalue weighted by Crippen LogP contribution is 2.55. The Morgan fingerprint density at radius 2 is 1.23 bits per heavy atom. The second-order valence-corrected chi connectivity index (χ2v) is 13.8. The summed E-state index contributed by atoms with van der Waals surface area (Å²) in [5.41, 5.74) is 9.35. The zero-order chi connectivity index (χ0) is 31.8. The van der Waals surface area contributed by atoms with E-state index in [1.165, 1.54) is 54.8 Å². The van der Waals surface area contributed by atoms with E-state index in [1.807, 2.05) is 0 Å². The Balaban J connectivity index is 1.38. The Morgan fingerprint density at radius 3 is 1.75 bits per heavy atom. The van der Waals surface area contributed by atoms with Crippen molar-refractivity contribution in [3.8, 4) is 6.07 Å². The van der Waals surface area contributed by atoms with Crippen molar-refractivity contribution in [2.75, 3.05) is 31.1 Å². The summed E-state index contributed by atoms with van der Waals surface area (Å²) in [6.07, 6.45) is 3.89. The first-order valence-corrected chi connectivity index (χ1v) is 17.0. The third-order valence-electron chi connectivity index (χ3n) is 11.8. The van der Waals surface area contributed by atoms with Crippen LogP contribution in [0.1, 0.15) is 27.8 Å². The van der Waals surface area contributed by atoms with Crippen LogP contribution in [0.3, 0.4) is 0 Å². The predicted molar refractivity (Wildman–Crippen MR) is 192 cm³/mol. The maximum absolute atomic E-state index is 12.6. The SMILES string of the molecule is [C-]#[N+]C(C#N)=C1C(c2c3cccc4c3c3c5c(cccc25)CCN3CC4)=C(O)C1=c1c2cccc3c2c2c4c(cccc14)CC[N+]=2CC3. The van der Waals surface area contributed by atoms with Gasteiger partial charge in [0.15, 0.2) is 0 Å². The molecule has 0 bridgehead atoms. The van der Waals surface area contributed by atoms with Crippen LogP contribution in [-0.4, -0.2) is 31.3 Å². The minimum Gasteiger partial charge on any atom is -0.507 e. The first-order valence-electron chi connectivity index (χ1n) is 17.0. The molecule has 6 aromatic carbocycles. The molecular formula is C43H29N4O+. The Hall–Kier alpha value is -5.91. The lowest BCUT2D eigenvalue weighted by atomic mass is 9.72. The number of nitrogens with zero attached hydrogens (tertiary/aromatic N) is 4. The number of benzene rings is 6. The number of aliphatic hydroxyl groups is 1. The second-order valence-electron chi connectivity index (χ2n) is 13.8. The summed E-state index contributed by atoms with van der Waals surface area (Å²) >= 11 is 0. The smallest absolute Gasteiger partial charge is 0.270 e. The minimum absolute atomic E-state index is 0.0230. The Bertz CT molecular complexity index is 2710. The zero-order valence-corrected chi connectivity index (χ0v) is 26.3. The van der Waals surface area contributed by atoms with E-state index >= 15 is 0 Å². The maximum Gasteiger partial charge on any atom is 0.270 e. The third kappa shape index (κ3) is 3.03. The topological polar surface area (TPSA) is 54.6 Å². The van der Waals surface area contributed by atoms with Gasteiger partial charge < -0.3 is 10.0 Å². The maximum atomic E-state index is 12.6. The fourth-order valence-corrected chi connectivity index (χ4v) is 9.87. The Morgan fingerprint density at radius 1 is 0.708 bits per heavy atom. The summed E-state index contributed by atoms with van der Waals surface area (Å²) in [4.78, 5) is 6.36. The van der Waals surface area contributed by atoms with E-state index in [2.05, 4.69) is 93.2 Å². The molecule has 1 aliphatic carbocycles. The monoisotopic (exact) mass is 617 g/mol. The molecule has 5 heteroatoms. The van der Waals surface area contributed by atoms with Gasteiger partial charge in [-0.1, -0.05) is 72.8 Å². The van der Waals surface area contributed by atoms with Crippen molar-refractivity contribution in [1.82, 2.24) is 4.58 Å². The highest BCUT2D eigenvalue weighted by molar-refractivity contribution is 6.27. The molecule has 4 aliphatic heterocycles. The van der Waals surface area contributed by atoms with Crippen LogP contribution in [0.5, 0.6) is 0 Å². The van der Waals surface area contributed by atoms with Crippen molar-refractivity contribution < 1.29 is 5.11 Å². The van der Waals surface area contributed by atoms with Gasteiger partial charge in [0.25, 0.3) is 5.70 Å². The average molecular weight is 618 g/mol. The number of hydrogen-bond donors (Lipinski definition) is 1. The molecule has 0 aromatic heterocycles. The van der Waals surface area contributed by atoms with Crippen molar-refractivity contribution in [3.05, 3.63) is 140 Å². The van der Waals surface area contributed by atoms with E-state index in [-0.39, 0.29) is 11.5 Å². The van der Waals surface area contributed by atoms with Gasteiger partial charge >= 0.3 is 0 Å². The summed E-state index contributed by atoms with van der Waals surface area (Å²) in [5, 5.41) is 34.6. The molecule has 226 valence electrons. The molecule has 5 aliphatic rings. The lowest BCUT2D eigenvalue weighted by Gasteiger charge is -2.38. The van der Waals surface area contributed by atoms with Crippen LogP contribution >= 0.6 is 0 Å².